The maximum atomic E-state index is 12.5. The fourth-order valence-electron chi connectivity index (χ4n) is 3.00. The predicted octanol–water partition coefficient (Wildman–Crippen LogP) is 1.15. The number of carboxylic acids is 1. The van der Waals surface area contributed by atoms with Crippen LogP contribution in [0, 0.1) is 11.3 Å². The van der Waals surface area contributed by atoms with E-state index in [0.717, 1.165) is 25.7 Å². The molecule has 6 nitrogen and oxygen atoms in total. The molecule has 2 rings (SSSR count). The Hall–Kier alpha value is -0.660. The largest absolute Gasteiger partial charge is 0.481 e. The van der Waals surface area contributed by atoms with Crippen molar-refractivity contribution in [3.63, 3.8) is 0 Å². The second-order valence-electron chi connectivity index (χ2n) is 6.34. The molecule has 2 aliphatic heterocycles. The van der Waals surface area contributed by atoms with Gasteiger partial charge in [0.1, 0.15) is 0 Å². The van der Waals surface area contributed by atoms with Gasteiger partial charge in [0, 0.05) is 26.2 Å². The van der Waals surface area contributed by atoms with Gasteiger partial charge in [-0.05, 0) is 45.4 Å². The number of hydrogen-bond donors (Lipinski definition) is 1. The summed E-state index contributed by atoms with van der Waals surface area (Å²) in [6, 6.07) is 0. The van der Waals surface area contributed by atoms with Crippen LogP contribution in [0.2, 0.25) is 0 Å². The Kier molecular flexibility index (Phi) is 4.41. The van der Waals surface area contributed by atoms with E-state index in [1.165, 1.54) is 8.61 Å². The van der Waals surface area contributed by atoms with E-state index >= 15 is 0 Å². The molecule has 0 radical (unpaired) electrons. The van der Waals surface area contributed by atoms with Gasteiger partial charge >= 0.3 is 5.97 Å². The summed E-state index contributed by atoms with van der Waals surface area (Å²) in [7, 11) is -3.41. The highest BCUT2D eigenvalue weighted by molar-refractivity contribution is 7.86. The Morgan fingerprint density at radius 2 is 1.65 bits per heavy atom. The van der Waals surface area contributed by atoms with Crippen LogP contribution in [0.5, 0.6) is 0 Å². The van der Waals surface area contributed by atoms with Crippen LogP contribution in [0.3, 0.4) is 0 Å². The van der Waals surface area contributed by atoms with Gasteiger partial charge in [-0.15, -0.1) is 0 Å². The first-order valence-corrected chi connectivity index (χ1v) is 8.64. The first-order chi connectivity index (χ1) is 9.26. The third kappa shape index (κ3) is 2.84. The van der Waals surface area contributed by atoms with E-state index in [9.17, 15) is 18.3 Å². The standard InChI is InChI=1S/C13H24N2O4S/c1-13(2,12(16)17)11-6-5-9-15(10-11)20(18,19)14-7-3-4-8-14/h11H,3-10H2,1-2H3,(H,16,17). The lowest BCUT2D eigenvalue weighted by Gasteiger charge is -2.39. The van der Waals surface area contributed by atoms with Crippen LogP contribution < -0.4 is 0 Å². The predicted molar refractivity (Wildman–Crippen MR) is 75.4 cm³/mol. The van der Waals surface area contributed by atoms with Crippen LogP contribution in [0.1, 0.15) is 39.5 Å². The molecule has 0 spiro atoms. The first-order valence-electron chi connectivity index (χ1n) is 7.25. The number of rotatable bonds is 4. The van der Waals surface area contributed by atoms with Crippen molar-refractivity contribution in [3.8, 4) is 0 Å². The summed E-state index contributed by atoms with van der Waals surface area (Å²) in [5.41, 5.74) is -0.890. The molecule has 1 unspecified atom stereocenters. The molecule has 0 aliphatic carbocycles. The average molecular weight is 304 g/mol. The second kappa shape index (κ2) is 5.61. The average Bonchev–Trinajstić information content (AvgIpc) is 2.93. The van der Waals surface area contributed by atoms with E-state index in [1.54, 1.807) is 13.8 Å². The van der Waals surface area contributed by atoms with Gasteiger partial charge in [0.15, 0.2) is 0 Å². The van der Waals surface area contributed by atoms with Crippen LogP contribution in [-0.4, -0.2) is 54.3 Å². The summed E-state index contributed by atoms with van der Waals surface area (Å²) in [5, 5.41) is 9.32. The van der Waals surface area contributed by atoms with E-state index in [-0.39, 0.29) is 5.92 Å². The Bertz CT molecular complexity index is 469. The highest BCUT2D eigenvalue weighted by Crippen LogP contribution is 2.35. The second-order valence-corrected chi connectivity index (χ2v) is 8.27. The molecule has 0 aromatic rings. The number of carbonyl (C=O) groups is 1. The molecule has 20 heavy (non-hydrogen) atoms. The van der Waals surface area contributed by atoms with E-state index in [0.29, 0.717) is 26.2 Å². The van der Waals surface area contributed by atoms with Crippen molar-refractivity contribution in [2.24, 2.45) is 11.3 Å². The molecule has 2 heterocycles. The monoisotopic (exact) mass is 304 g/mol. The van der Waals surface area contributed by atoms with Crippen molar-refractivity contribution in [3.05, 3.63) is 0 Å². The normalized spacial score (nSPS) is 26.8. The molecule has 7 heteroatoms. The lowest BCUT2D eigenvalue weighted by Crippen LogP contribution is -2.50. The van der Waals surface area contributed by atoms with Gasteiger partial charge in [-0.3, -0.25) is 4.79 Å². The molecule has 2 fully saturated rings. The summed E-state index contributed by atoms with van der Waals surface area (Å²) >= 11 is 0. The Morgan fingerprint density at radius 1 is 1.10 bits per heavy atom. The Balaban J connectivity index is 2.12. The molecule has 0 bridgehead atoms. The minimum Gasteiger partial charge on any atom is -0.481 e. The zero-order valence-corrected chi connectivity index (χ0v) is 13.0. The van der Waals surface area contributed by atoms with E-state index in [1.807, 2.05) is 0 Å². The number of carboxylic acid groups (broad SMARTS) is 1. The summed E-state index contributed by atoms with van der Waals surface area (Å²) in [6.07, 6.45) is 3.33. The minimum atomic E-state index is -3.41. The summed E-state index contributed by atoms with van der Waals surface area (Å²) < 4.78 is 28.1. The summed E-state index contributed by atoms with van der Waals surface area (Å²) in [4.78, 5) is 11.4. The maximum Gasteiger partial charge on any atom is 0.309 e. The van der Waals surface area contributed by atoms with Crippen molar-refractivity contribution in [1.29, 1.82) is 0 Å². The van der Waals surface area contributed by atoms with Crippen molar-refractivity contribution in [1.82, 2.24) is 8.61 Å². The zero-order chi connectivity index (χ0) is 15.0. The number of nitrogens with zero attached hydrogens (tertiary/aromatic N) is 2. The molecule has 1 N–H and O–H groups in total. The molecule has 116 valence electrons. The van der Waals surface area contributed by atoms with Gasteiger partial charge in [-0.2, -0.15) is 17.0 Å². The van der Waals surface area contributed by atoms with Gasteiger partial charge in [-0.1, -0.05) is 0 Å². The van der Waals surface area contributed by atoms with Crippen LogP contribution >= 0.6 is 0 Å². The van der Waals surface area contributed by atoms with Crippen molar-refractivity contribution in [2.45, 2.75) is 39.5 Å². The third-order valence-corrected chi connectivity index (χ3v) is 6.68. The topological polar surface area (TPSA) is 77.9 Å². The van der Waals surface area contributed by atoms with Gasteiger partial charge < -0.3 is 5.11 Å². The number of aliphatic carboxylic acids is 1. The van der Waals surface area contributed by atoms with Gasteiger partial charge in [0.05, 0.1) is 5.41 Å². The number of hydrogen-bond acceptors (Lipinski definition) is 3. The SMILES string of the molecule is CC(C)(C(=O)O)C1CCCN(S(=O)(=O)N2CCCC2)C1. The van der Waals surface area contributed by atoms with E-state index in [4.69, 9.17) is 0 Å². The molecule has 1 atom stereocenters. The summed E-state index contributed by atoms with van der Waals surface area (Å²) in [6.45, 7) is 5.37. The lowest BCUT2D eigenvalue weighted by atomic mass is 9.75. The maximum absolute atomic E-state index is 12.5. The van der Waals surface area contributed by atoms with Crippen LogP contribution in [0.15, 0.2) is 0 Å². The Labute approximate surface area is 120 Å². The van der Waals surface area contributed by atoms with E-state index in [2.05, 4.69) is 0 Å². The lowest BCUT2D eigenvalue weighted by molar-refractivity contribution is -0.151. The molecular formula is C13H24N2O4S. The fourth-order valence-corrected chi connectivity index (χ4v) is 4.77. The van der Waals surface area contributed by atoms with Gasteiger partial charge in [0.2, 0.25) is 0 Å². The quantitative estimate of drug-likeness (QED) is 0.845. The molecule has 0 aromatic heterocycles. The highest BCUT2D eigenvalue weighted by Gasteiger charge is 2.42. The van der Waals surface area contributed by atoms with Crippen molar-refractivity contribution < 1.29 is 18.3 Å². The smallest absolute Gasteiger partial charge is 0.309 e. The molecule has 2 aliphatic rings. The fraction of sp³-hybridized carbons (Fsp3) is 0.923. The van der Waals surface area contributed by atoms with Crippen molar-refractivity contribution >= 4 is 16.2 Å². The van der Waals surface area contributed by atoms with Crippen LogP contribution in [-0.2, 0) is 15.0 Å². The van der Waals surface area contributed by atoms with E-state index < -0.39 is 21.6 Å². The summed E-state index contributed by atoms with van der Waals surface area (Å²) in [5.74, 6) is -0.992. The minimum absolute atomic E-state index is 0.133. The number of piperidine rings is 1. The van der Waals surface area contributed by atoms with Crippen molar-refractivity contribution in [2.75, 3.05) is 26.2 Å². The molecular weight excluding hydrogens is 280 g/mol. The van der Waals surface area contributed by atoms with Gasteiger partial charge in [0.25, 0.3) is 10.2 Å². The molecule has 2 saturated heterocycles. The third-order valence-electron chi connectivity index (χ3n) is 4.67. The zero-order valence-electron chi connectivity index (χ0n) is 12.2. The molecule has 0 saturated carbocycles. The highest BCUT2D eigenvalue weighted by atomic mass is 32.2. The molecule has 0 aromatic carbocycles. The Morgan fingerprint density at radius 3 is 2.20 bits per heavy atom. The van der Waals surface area contributed by atoms with Crippen LogP contribution in [0.25, 0.3) is 0 Å². The van der Waals surface area contributed by atoms with Crippen LogP contribution in [0.4, 0.5) is 0 Å². The first kappa shape index (κ1) is 15.7. The van der Waals surface area contributed by atoms with Gasteiger partial charge in [-0.25, -0.2) is 0 Å². The molecule has 0 amide bonds.